The number of piperazine rings is 1. The molecule has 3 rings (SSSR count). The lowest BCUT2D eigenvalue weighted by molar-refractivity contribution is -0.141. The summed E-state index contributed by atoms with van der Waals surface area (Å²) in [5, 5.41) is 0. The molecule has 1 saturated carbocycles. The van der Waals surface area contributed by atoms with E-state index in [1.807, 2.05) is 42.3 Å². The number of nitrogens with zero attached hydrogens (tertiary/aromatic N) is 3. The summed E-state index contributed by atoms with van der Waals surface area (Å²) in [4.78, 5) is 41.5. The number of para-hydroxylation sites is 1. The highest BCUT2D eigenvalue weighted by atomic mass is 16.2. The zero-order valence-electron chi connectivity index (χ0n) is 15.3. The van der Waals surface area contributed by atoms with Crippen molar-refractivity contribution < 1.29 is 14.4 Å². The van der Waals surface area contributed by atoms with E-state index in [1.54, 1.807) is 9.80 Å². The van der Waals surface area contributed by atoms with E-state index < -0.39 is 0 Å². The first-order valence-corrected chi connectivity index (χ1v) is 9.41. The Kier molecular flexibility index (Phi) is 5.91. The summed E-state index contributed by atoms with van der Waals surface area (Å²) in [7, 11) is 1.82. The smallest absolute Gasteiger partial charge is 0.229 e. The fourth-order valence-electron chi connectivity index (χ4n) is 3.95. The molecule has 3 amide bonds. The van der Waals surface area contributed by atoms with Crippen LogP contribution < -0.4 is 4.90 Å². The summed E-state index contributed by atoms with van der Waals surface area (Å²) in [6.07, 6.45) is 3.92. The van der Waals surface area contributed by atoms with Crippen LogP contribution >= 0.6 is 0 Å². The van der Waals surface area contributed by atoms with E-state index in [4.69, 9.17) is 0 Å². The van der Waals surface area contributed by atoms with E-state index in [9.17, 15) is 14.4 Å². The predicted octanol–water partition coefficient (Wildman–Crippen LogP) is 1.76. The minimum Gasteiger partial charge on any atom is -0.342 e. The third kappa shape index (κ3) is 4.06. The van der Waals surface area contributed by atoms with E-state index in [-0.39, 0.29) is 23.7 Å². The largest absolute Gasteiger partial charge is 0.342 e. The Hall–Kier alpha value is -2.37. The number of amides is 3. The van der Waals surface area contributed by atoms with Gasteiger partial charge in [-0.15, -0.1) is 0 Å². The standard InChI is InChI=1S/C20H27N3O3/c1-21(18-5-3-2-4-6-18)19(25)16-7-9-17(10-8-16)20(26)23-13-11-22(15-24)12-14-23/h2-6,15-17H,7-14H2,1H3. The highest BCUT2D eigenvalue weighted by Crippen LogP contribution is 2.32. The zero-order chi connectivity index (χ0) is 18.5. The Balaban J connectivity index is 1.50. The van der Waals surface area contributed by atoms with E-state index in [2.05, 4.69) is 0 Å². The van der Waals surface area contributed by atoms with E-state index in [0.29, 0.717) is 26.2 Å². The number of carbonyl (C=O) groups is 3. The molecule has 26 heavy (non-hydrogen) atoms. The molecular formula is C20H27N3O3. The fraction of sp³-hybridized carbons (Fsp3) is 0.550. The number of hydrogen-bond donors (Lipinski definition) is 0. The van der Waals surface area contributed by atoms with Crippen molar-refractivity contribution in [2.24, 2.45) is 11.8 Å². The van der Waals surface area contributed by atoms with Gasteiger partial charge in [0.1, 0.15) is 0 Å². The first-order chi connectivity index (χ1) is 12.6. The van der Waals surface area contributed by atoms with Gasteiger partial charge in [0.15, 0.2) is 0 Å². The maximum atomic E-state index is 12.7. The summed E-state index contributed by atoms with van der Waals surface area (Å²) < 4.78 is 0. The lowest BCUT2D eigenvalue weighted by Crippen LogP contribution is -2.50. The summed E-state index contributed by atoms with van der Waals surface area (Å²) in [6, 6.07) is 9.67. The molecule has 6 heteroatoms. The van der Waals surface area contributed by atoms with Crippen LogP contribution in [0.3, 0.4) is 0 Å². The Morgan fingerprint density at radius 2 is 1.54 bits per heavy atom. The van der Waals surface area contributed by atoms with Crippen LogP contribution in [0.4, 0.5) is 5.69 Å². The molecule has 0 N–H and O–H groups in total. The molecule has 0 spiro atoms. The molecule has 1 heterocycles. The Bertz CT molecular complexity index is 633. The van der Waals surface area contributed by atoms with Gasteiger partial charge < -0.3 is 14.7 Å². The molecule has 140 valence electrons. The highest BCUT2D eigenvalue weighted by Gasteiger charge is 2.34. The summed E-state index contributed by atoms with van der Waals surface area (Å²) in [5.41, 5.74) is 0.906. The minimum atomic E-state index is -0.00355. The van der Waals surface area contributed by atoms with Crippen molar-refractivity contribution in [3.63, 3.8) is 0 Å². The number of anilines is 1. The molecule has 1 aromatic carbocycles. The van der Waals surface area contributed by atoms with Gasteiger partial charge in [0.05, 0.1) is 0 Å². The normalized spacial score (nSPS) is 23.4. The molecule has 0 unspecified atom stereocenters. The molecule has 1 aromatic rings. The van der Waals surface area contributed by atoms with Crippen molar-refractivity contribution in [3.05, 3.63) is 30.3 Å². The molecular weight excluding hydrogens is 330 g/mol. The van der Waals surface area contributed by atoms with Crippen molar-refractivity contribution in [1.29, 1.82) is 0 Å². The van der Waals surface area contributed by atoms with Crippen LogP contribution in [0.25, 0.3) is 0 Å². The van der Waals surface area contributed by atoms with Crippen LogP contribution in [0.15, 0.2) is 30.3 Å². The average molecular weight is 357 g/mol. The average Bonchev–Trinajstić information content (AvgIpc) is 2.73. The van der Waals surface area contributed by atoms with Crippen molar-refractivity contribution in [2.75, 3.05) is 38.1 Å². The number of hydrogen-bond acceptors (Lipinski definition) is 3. The van der Waals surface area contributed by atoms with Gasteiger partial charge in [0.2, 0.25) is 18.2 Å². The van der Waals surface area contributed by atoms with Crippen LogP contribution in [0.2, 0.25) is 0 Å². The predicted molar refractivity (Wildman–Crippen MR) is 99.5 cm³/mol. The van der Waals surface area contributed by atoms with Crippen LogP contribution in [-0.4, -0.2) is 61.3 Å². The van der Waals surface area contributed by atoms with Gasteiger partial charge in [0, 0.05) is 50.7 Å². The van der Waals surface area contributed by atoms with Crippen LogP contribution in [0, 0.1) is 11.8 Å². The minimum absolute atomic E-state index is 0.00355. The van der Waals surface area contributed by atoms with Crippen LogP contribution in [0.1, 0.15) is 25.7 Å². The molecule has 2 aliphatic rings. The van der Waals surface area contributed by atoms with Crippen molar-refractivity contribution in [2.45, 2.75) is 25.7 Å². The van der Waals surface area contributed by atoms with Gasteiger partial charge in [-0.2, -0.15) is 0 Å². The first kappa shape index (κ1) is 18.4. The van der Waals surface area contributed by atoms with Crippen LogP contribution in [0.5, 0.6) is 0 Å². The second-order valence-electron chi connectivity index (χ2n) is 7.25. The third-order valence-corrected chi connectivity index (χ3v) is 5.67. The third-order valence-electron chi connectivity index (χ3n) is 5.67. The lowest BCUT2D eigenvalue weighted by atomic mass is 9.80. The molecule has 0 aromatic heterocycles. The van der Waals surface area contributed by atoms with Gasteiger partial charge in [-0.3, -0.25) is 14.4 Å². The van der Waals surface area contributed by atoms with Crippen molar-refractivity contribution >= 4 is 23.9 Å². The first-order valence-electron chi connectivity index (χ1n) is 9.41. The van der Waals surface area contributed by atoms with E-state index >= 15 is 0 Å². The van der Waals surface area contributed by atoms with Gasteiger partial charge in [0.25, 0.3) is 0 Å². The van der Waals surface area contributed by atoms with Crippen molar-refractivity contribution in [1.82, 2.24) is 9.80 Å². The number of rotatable bonds is 4. The molecule has 0 atom stereocenters. The van der Waals surface area contributed by atoms with Crippen LogP contribution in [-0.2, 0) is 14.4 Å². The Morgan fingerprint density at radius 1 is 0.962 bits per heavy atom. The van der Waals surface area contributed by atoms with E-state index in [1.165, 1.54) is 0 Å². The molecule has 0 bridgehead atoms. The topological polar surface area (TPSA) is 60.9 Å². The maximum Gasteiger partial charge on any atom is 0.229 e. The second-order valence-corrected chi connectivity index (χ2v) is 7.25. The SMILES string of the molecule is CN(C(=O)C1CCC(C(=O)N2CCN(C=O)CC2)CC1)c1ccccc1. The summed E-state index contributed by atoms with van der Waals surface area (Å²) >= 11 is 0. The summed E-state index contributed by atoms with van der Waals surface area (Å²) in [6.45, 7) is 2.47. The molecule has 2 fully saturated rings. The molecule has 1 saturated heterocycles. The molecule has 1 aliphatic heterocycles. The van der Waals surface area contributed by atoms with Gasteiger partial charge in [-0.05, 0) is 37.8 Å². The lowest BCUT2D eigenvalue weighted by Gasteiger charge is -2.36. The van der Waals surface area contributed by atoms with Gasteiger partial charge in [-0.1, -0.05) is 18.2 Å². The quantitative estimate of drug-likeness (QED) is 0.772. The zero-order valence-corrected chi connectivity index (χ0v) is 15.3. The summed E-state index contributed by atoms with van der Waals surface area (Å²) in [5.74, 6) is 0.347. The number of benzene rings is 1. The number of carbonyl (C=O) groups excluding carboxylic acids is 3. The fourth-order valence-corrected chi connectivity index (χ4v) is 3.95. The Labute approximate surface area is 154 Å². The highest BCUT2D eigenvalue weighted by molar-refractivity contribution is 5.94. The monoisotopic (exact) mass is 357 g/mol. The van der Waals surface area contributed by atoms with E-state index in [0.717, 1.165) is 37.8 Å². The maximum absolute atomic E-state index is 12.7. The Morgan fingerprint density at radius 3 is 2.12 bits per heavy atom. The van der Waals surface area contributed by atoms with Crippen molar-refractivity contribution in [3.8, 4) is 0 Å². The molecule has 6 nitrogen and oxygen atoms in total. The second kappa shape index (κ2) is 8.34. The molecule has 0 radical (unpaired) electrons. The van der Waals surface area contributed by atoms with Gasteiger partial charge in [-0.25, -0.2) is 0 Å². The van der Waals surface area contributed by atoms with Gasteiger partial charge >= 0.3 is 0 Å². The molecule has 1 aliphatic carbocycles.